The monoisotopic (exact) mass is 406 g/mol. The summed E-state index contributed by atoms with van der Waals surface area (Å²) in [5.41, 5.74) is 3.00. The van der Waals surface area contributed by atoms with E-state index in [0.29, 0.717) is 22.7 Å². The van der Waals surface area contributed by atoms with Gasteiger partial charge in [0.25, 0.3) is 0 Å². The fraction of sp³-hybridized carbons (Fsp3) is 0.200. The van der Waals surface area contributed by atoms with Crippen LogP contribution in [0.3, 0.4) is 0 Å². The Hall–Kier alpha value is -3.33. The maximum absolute atomic E-state index is 12.2. The smallest absolute Gasteiger partial charge is 0.351 e. The van der Waals surface area contributed by atoms with E-state index in [9.17, 15) is 4.79 Å². The van der Waals surface area contributed by atoms with Crippen molar-refractivity contribution in [1.82, 2.24) is 19.9 Å². The lowest BCUT2D eigenvalue weighted by Crippen LogP contribution is -2.37. The Morgan fingerprint density at radius 2 is 2.07 bits per heavy atom. The van der Waals surface area contributed by atoms with Crippen molar-refractivity contribution in [3.05, 3.63) is 71.0 Å². The van der Waals surface area contributed by atoms with Crippen molar-refractivity contribution in [2.45, 2.75) is 5.25 Å². The first-order chi connectivity index (χ1) is 14.2. The van der Waals surface area contributed by atoms with Gasteiger partial charge in [0, 0.05) is 35.8 Å². The highest BCUT2D eigenvalue weighted by Crippen LogP contribution is 2.34. The molecule has 1 atom stereocenters. The summed E-state index contributed by atoms with van der Waals surface area (Å²) in [6.45, 7) is 1.54. The number of aromatic amines is 1. The van der Waals surface area contributed by atoms with Crippen molar-refractivity contribution in [3.63, 3.8) is 0 Å². The number of hydrogen-bond donors (Lipinski definition) is 2. The van der Waals surface area contributed by atoms with Crippen molar-refractivity contribution in [3.8, 4) is 0 Å². The number of rotatable bonds is 4. The maximum Gasteiger partial charge on any atom is 0.351 e. The van der Waals surface area contributed by atoms with Crippen molar-refractivity contribution < 1.29 is 4.42 Å². The molecule has 0 bridgehead atoms. The lowest BCUT2D eigenvalue weighted by atomic mass is 10.1. The van der Waals surface area contributed by atoms with Gasteiger partial charge in [0.1, 0.15) is 5.52 Å². The van der Waals surface area contributed by atoms with Crippen molar-refractivity contribution >= 4 is 40.4 Å². The number of thioether (sulfide) groups is 1. The van der Waals surface area contributed by atoms with Crippen LogP contribution in [0.4, 0.5) is 17.6 Å². The van der Waals surface area contributed by atoms with Crippen LogP contribution in [0.15, 0.2) is 64.1 Å². The molecule has 29 heavy (non-hydrogen) atoms. The van der Waals surface area contributed by atoms with Gasteiger partial charge in [-0.3, -0.25) is 4.98 Å². The minimum atomic E-state index is -0.437. The van der Waals surface area contributed by atoms with Crippen LogP contribution in [-0.4, -0.2) is 38.8 Å². The van der Waals surface area contributed by atoms with Gasteiger partial charge in [0.05, 0.1) is 0 Å². The van der Waals surface area contributed by atoms with E-state index in [4.69, 9.17) is 4.42 Å². The van der Waals surface area contributed by atoms with E-state index in [1.54, 1.807) is 0 Å². The number of aromatic nitrogens is 4. The van der Waals surface area contributed by atoms with Gasteiger partial charge >= 0.3 is 5.69 Å². The average Bonchev–Trinajstić information content (AvgIpc) is 3.22. The van der Waals surface area contributed by atoms with E-state index in [2.05, 4.69) is 42.3 Å². The normalized spacial score (nSPS) is 16.8. The Labute approximate surface area is 170 Å². The van der Waals surface area contributed by atoms with E-state index < -0.39 is 5.69 Å². The molecule has 146 valence electrons. The molecular formula is C20H18N6O2S. The van der Waals surface area contributed by atoms with Gasteiger partial charge in [0.2, 0.25) is 11.9 Å². The van der Waals surface area contributed by atoms with Crippen LogP contribution < -0.4 is 15.9 Å². The Morgan fingerprint density at radius 1 is 1.17 bits per heavy atom. The molecule has 3 heterocycles. The molecule has 0 saturated carbocycles. The minimum absolute atomic E-state index is 0.318. The van der Waals surface area contributed by atoms with Gasteiger partial charge in [-0.15, -0.1) is 0 Å². The van der Waals surface area contributed by atoms with Crippen LogP contribution in [0.25, 0.3) is 11.1 Å². The molecule has 1 saturated heterocycles. The fourth-order valence-electron chi connectivity index (χ4n) is 3.34. The summed E-state index contributed by atoms with van der Waals surface area (Å²) in [5.74, 6) is 1.72. The molecule has 0 spiro atoms. The molecule has 1 aliphatic rings. The summed E-state index contributed by atoms with van der Waals surface area (Å²) in [5, 5.41) is 3.44. The third-order valence-electron chi connectivity index (χ3n) is 4.75. The first kappa shape index (κ1) is 17.7. The molecule has 0 amide bonds. The van der Waals surface area contributed by atoms with Gasteiger partial charge in [-0.1, -0.05) is 30.3 Å². The molecule has 8 nitrogen and oxygen atoms in total. The topological polar surface area (TPSA) is 99.9 Å². The van der Waals surface area contributed by atoms with E-state index in [1.165, 1.54) is 12.0 Å². The second-order valence-corrected chi connectivity index (χ2v) is 7.99. The van der Waals surface area contributed by atoms with Crippen molar-refractivity contribution in [2.75, 3.05) is 29.1 Å². The number of nitrogens with zero attached hydrogens (tertiary/aromatic N) is 4. The molecule has 5 rings (SSSR count). The second kappa shape index (κ2) is 7.59. The van der Waals surface area contributed by atoms with Crippen molar-refractivity contribution in [2.24, 2.45) is 0 Å². The number of H-pyrrole nitrogens is 1. The highest BCUT2D eigenvalue weighted by atomic mass is 32.2. The number of benzene rings is 2. The molecule has 4 aromatic rings. The van der Waals surface area contributed by atoms with E-state index in [0.717, 1.165) is 30.0 Å². The molecule has 1 aliphatic heterocycles. The Kier molecular flexibility index (Phi) is 4.65. The lowest BCUT2D eigenvalue weighted by molar-refractivity contribution is 0.602. The molecule has 1 fully saturated rings. The predicted octanol–water partition coefficient (Wildman–Crippen LogP) is 3.34. The molecule has 9 heteroatoms. The van der Waals surface area contributed by atoms with Gasteiger partial charge in [-0.25, -0.2) is 9.78 Å². The third-order valence-corrected chi connectivity index (χ3v) is 6.00. The van der Waals surface area contributed by atoms with Crippen LogP contribution in [0.1, 0.15) is 10.8 Å². The Bertz CT molecular complexity index is 1190. The number of nitrogens with one attached hydrogen (secondary N) is 2. The lowest BCUT2D eigenvalue weighted by Gasteiger charge is -2.32. The Balaban J connectivity index is 1.39. The van der Waals surface area contributed by atoms with Gasteiger partial charge in [-0.2, -0.15) is 21.7 Å². The number of fused-ring (bicyclic) bond motifs is 1. The van der Waals surface area contributed by atoms with Crippen LogP contribution in [0, 0.1) is 0 Å². The molecular weight excluding hydrogens is 388 g/mol. The van der Waals surface area contributed by atoms with Gasteiger partial charge in [-0.05, 0) is 17.7 Å². The molecule has 2 aromatic heterocycles. The summed E-state index contributed by atoms with van der Waals surface area (Å²) in [4.78, 5) is 29.6. The van der Waals surface area contributed by atoms with Crippen molar-refractivity contribution in [1.29, 1.82) is 0 Å². The molecule has 0 aliphatic carbocycles. The van der Waals surface area contributed by atoms with Crippen LogP contribution >= 0.6 is 11.8 Å². The summed E-state index contributed by atoms with van der Waals surface area (Å²) in [7, 11) is 0. The SMILES string of the molecule is O=c1nc(N2CCSC(c3ccccc3)C2)nc(Nc2ccc3ncoc3c2)[nH]1. The highest BCUT2D eigenvalue weighted by Gasteiger charge is 2.24. The first-order valence-corrected chi connectivity index (χ1v) is 10.3. The fourth-order valence-corrected chi connectivity index (χ4v) is 4.59. The largest absolute Gasteiger partial charge is 0.443 e. The van der Waals surface area contributed by atoms with E-state index in [-0.39, 0.29) is 0 Å². The predicted molar refractivity (Wildman–Crippen MR) is 114 cm³/mol. The van der Waals surface area contributed by atoms with Gasteiger partial charge < -0.3 is 14.6 Å². The summed E-state index contributed by atoms with van der Waals surface area (Å²) >= 11 is 1.91. The zero-order valence-electron chi connectivity index (χ0n) is 15.4. The standard InChI is InChI=1S/C20H18N6O2S/c27-20-24-18(22-14-6-7-15-16(10-14)28-12-21-15)23-19(25-20)26-8-9-29-17(11-26)13-4-2-1-3-5-13/h1-7,10,12,17H,8-9,11H2,(H2,22,23,24,25,27). The molecule has 1 unspecified atom stereocenters. The maximum atomic E-state index is 12.2. The first-order valence-electron chi connectivity index (χ1n) is 9.25. The number of hydrogen-bond acceptors (Lipinski definition) is 8. The quantitative estimate of drug-likeness (QED) is 0.532. The number of anilines is 3. The molecule has 2 aromatic carbocycles. The third kappa shape index (κ3) is 3.81. The van der Waals surface area contributed by atoms with E-state index in [1.807, 2.05) is 48.2 Å². The molecule has 2 N–H and O–H groups in total. The van der Waals surface area contributed by atoms with Gasteiger partial charge in [0.15, 0.2) is 12.0 Å². The number of oxazole rings is 1. The van der Waals surface area contributed by atoms with E-state index >= 15 is 0 Å². The summed E-state index contributed by atoms with van der Waals surface area (Å²) < 4.78 is 5.33. The van der Waals surface area contributed by atoms with Crippen LogP contribution in [0.2, 0.25) is 0 Å². The summed E-state index contributed by atoms with van der Waals surface area (Å²) in [6, 6.07) is 15.9. The zero-order valence-corrected chi connectivity index (χ0v) is 16.2. The average molecular weight is 406 g/mol. The van der Waals surface area contributed by atoms with Crippen LogP contribution in [-0.2, 0) is 0 Å². The second-order valence-electron chi connectivity index (χ2n) is 6.68. The van der Waals surface area contributed by atoms with Crippen LogP contribution in [0.5, 0.6) is 0 Å². The summed E-state index contributed by atoms with van der Waals surface area (Å²) in [6.07, 6.45) is 1.40. The minimum Gasteiger partial charge on any atom is -0.443 e. The Morgan fingerprint density at radius 3 is 2.97 bits per heavy atom. The zero-order chi connectivity index (χ0) is 19.6. The molecule has 0 radical (unpaired) electrons. The highest BCUT2D eigenvalue weighted by molar-refractivity contribution is 7.99.